The molecule has 10 nitrogen and oxygen atoms in total. The van der Waals surface area contributed by atoms with Gasteiger partial charge in [-0.3, -0.25) is 38.6 Å². The van der Waals surface area contributed by atoms with Gasteiger partial charge in [0.25, 0.3) is 23.6 Å². The molecule has 2 N–H and O–H groups in total. The van der Waals surface area contributed by atoms with E-state index in [1.54, 1.807) is 12.1 Å². The third-order valence-corrected chi connectivity index (χ3v) is 8.87. The van der Waals surface area contributed by atoms with E-state index in [4.69, 9.17) is 0 Å². The molecule has 47 heavy (non-hydrogen) atoms. The van der Waals surface area contributed by atoms with E-state index in [0.29, 0.717) is 53.8 Å². The van der Waals surface area contributed by atoms with Crippen LogP contribution in [0.25, 0.3) is 0 Å². The molecule has 0 aromatic heterocycles. The molecule has 0 aliphatic carbocycles. The van der Waals surface area contributed by atoms with Gasteiger partial charge in [-0.15, -0.1) is 0 Å². The Morgan fingerprint density at radius 3 is 1.49 bits per heavy atom. The predicted molar refractivity (Wildman–Crippen MR) is 172 cm³/mol. The third-order valence-electron chi connectivity index (χ3n) is 8.87. The maximum absolute atomic E-state index is 14.4. The summed E-state index contributed by atoms with van der Waals surface area (Å²) in [5.74, 6) is -3.24. The lowest BCUT2D eigenvalue weighted by atomic mass is 9.85. The average Bonchev–Trinajstić information content (AvgIpc) is 3.35. The first-order valence-corrected chi connectivity index (χ1v) is 15.5. The summed E-state index contributed by atoms with van der Waals surface area (Å²) in [6.07, 6.45) is 1.80. The zero-order valence-corrected chi connectivity index (χ0v) is 27.5. The van der Waals surface area contributed by atoms with Gasteiger partial charge < -0.3 is 10.6 Å². The maximum atomic E-state index is 14.4. The van der Waals surface area contributed by atoms with Gasteiger partial charge >= 0.3 is 0 Å². The normalized spacial score (nSPS) is 21.3. The fraction of sp³-hybridized carbons (Fsp3) is 0.389. The molecule has 0 radical (unpaired) electrons. The molecule has 2 aromatic rings. The predicted octanol–water partition coefficient (Wildman–Crippen LogP) is 4.88. The number of fused-ring (bicyclic) bond motifs is 2. The van der Waals surface area contributed by atoms with Gasteiger partial charge in [-0.05, 0) is 71.9 Å². The average molecular weight is 643 g/mol. The van der Waals surface area contributed by atoms with E-state index in [1.807, 2.05) is 47.6 Å². The number of carbonyl (C=O) groups is 6. The molecule has 0 bridgehead atoms. The molecule has 4 aliphatic heterocycles. The SMILES string of the molecule is C=C1CCC(N2C(=O)c3cc(F)c(C(C)(C)C)cc3C2=O)C(=O)N1.C=C1CCC(N2C(=O)c3ccc(C(C)(C)C)cc3C2=O)C(=O)N1. The summed E-state index contributed by atoms with van der Waals surface area (Å²) in [5, 5.41) is 5.20. The Kier molecular flexibility index (Phi) is 8.32. The van der Waals surface area contributed by atoms with E-state index in [9.17, 15) is 33.2 Å². The number of allylic oxidation sites excluding steroid dienone is 2. The lowest BCUT2D eigenvalue weighted by Gasteiger charge is -2.29. The largest absolute Gasteiger partial charge is 0.329 e. The van der Waals surface area contributed by atoms with Crippen molar-refractivity contribution in [3.8, 4) is 0 Å². The summed E-state index contributed by atoms with van der Waals surface area (Å²) in [6.45, 7) is 19.0. The van der Waals surface area contributed by atoms with Gasteiger partial charge in [0.1, 0.15) is 17.9 Å². The summed E-state index contributed by atoms with van der Waals surface area (Å²) in [6, 6.07) is 6.23. The minimum absolute atomic E-state index is 0.0164. The van der Waals surface area contributed by atoms with Gasteiger partial charge in [-0.25, -0.2) is 4.39 Å². The first-order valence-electron chi connectivity index (χ1n) is 15.5. The molecule has 11 heteroatoms. The Labute approximate surface area is 273 Å². The number of benzene rings is 2. The number of amides is 6. The molecule has 4 heterocycles. The zero-order chi connectivity index (χ0) is 34.7. The summed E-state index contributed by atoms with van der Waals surface area (Å²) >= 11 is 0. The smallest absolute Gasteiger partial charge is 0.262 e. The lowest BCUT2D eigenvalue weighted by molar-refractivity contribution is -0.126. The highest BCUT2D eigenvalue weighted by Crippen LogP contribution is 2.35. The Balaban J connectivity index is 0.000000185. The van der Waals surface area contributed by atoms with Crippen LogP contribution in [0, 0.1) is 5.82 Å². The minimum Gasteiger partial charge on any atom is -0.329 e. The monoisotopic (exact) mass is 642 g/mol. The van der Waals surface area contributed by atoms with Crippen molar-refractivity contribution in [3.05, 3.63) is 94.1 Å². The van der Waals surface area contributed by atoms with E-state index in [0.717, 1.165) is 21.4 Å². The molecule has 0 spiro atoms. The fourth-order valence-electron chi connectivity index (χ4n) is 6.16. The number of halogens is 1. The Hall–Kier alpha value is -4.93. The summed E-state index contributed by atoms with van der Waals surface area (Å²) in [4.78, 5) is 76.9. The number of rotatable bonds is 2. The van der Waals surface area contributed by atoms with Crippen LogP contribution in [-0.4, -0.2) is 57.3 Å². The van der Waals surface area contributed by atoms with Gasteiger partial charge in [-0.2, -0.15) is 0 Å². The molecule has 2 atom stereocenters. The number of nitrogens with one attached hydrogen (secondary N) is 2. The first-order chi connectivity index (χ1) is 21.8. The topological polar surface area (TPSA) is 133 Å². The van der Waals surface area contributed by atoms with E-state index in [1.165, 1.54) is 6.07 Å². The van der Waals surface area contributed by atoms with Crippen molar-refractivity contribution in [2.24, 2.45) is 0 Å². The third kappa shape index (κ3) is 6.02. The Morgan fingerprint density at radius 2 is 1.06 bits per heavy atom. The van der Waals surface area contributed by atoms with E-state index in [2.05, 4.69) is 23.8 Å². The van der Waals surface area contributed by atoms with Crippen LogP contribution in [0.3, 0.4) is 0 Å². The zero-order valence-electron chi connectivity index (χ0n) is 27.5. The standard InChI is InChI=1S/C18H19FN2O3.C18H20N2O3/c1-9-5-6-14(15(22)20-9)21-16(23)10-7-12(18(2,3)4)13(19)8-11(10)17(21)24;1-10-5-8-14(15(21)19-10)20-16(22)12-7-6-11(18(2,3)4)9-13(12)17(20)23/h7-8,14H,1,5-6H2,2-4H3,(H,20,22);6-7,9,14H,1,5,8H2,2-4H3,(H,19,21). The van der Waals surface area contributed by atoms with Crippen molar-refractivity contribution in [1.29, 1.82) is 0 Å². The van der Waals surface area contributed by atoms with Crippen LogP contribution in [0.2, 0.25) is 0 Å². The van der Waals surface area contributed by atoms with E-state index in [-0.39, 0.29) is 28.4 Å². The van der Waals surface area contributed by atoms with Crippen molar-refractivity contribution >= 4 is 35.4 Å². The van der Waals surface area contributed by atoms with Crippen LogP contribution >= 0.6 is 0 Å². The lowest BCUT2D eigenvalue weighted by Crippen LogP contribution is -2.51. The number of hydrogen-bond donors (Lipinski definition) is 2. The number of nitrogens with zero attached hydrogens (tertiary/aromatic N) is 2. The molecule has 2 fully saturated rings. The van der Waals surface area contributed by atoms with Crippen molar-refractivity contribution in [1.82, 2.24) is 20.4 Å². The molecule has 2 aromatic carbocycles. The molecule has 6 rings (SSSR count). The van der Waals surface area contributed by atoms with Crippen molar-refractivity contribution in [3.63, 3.8) is 0 Å². The van der Waals surface area contributed by atoms with Gasteiger partial charge in [-0.1, -0.05) is 60.8 Å². The van der Waals surface area contributed by atoms with E-state index < -0.39 is 46.9 Å². The number of imide groups is 2. The van der Waals surface area contributed by atoms with Gasteiger partial charge in [0, 0.05) is 11.4 Å². The van der Waals surface area contributed by atoms with Crippen LogP contribution < -0.4 is 10.6 Å². The second kappa shape index (κ2) is 11.7. The molecule has 0 saturated carbocycles. The minimum atomic E-state index is -0.885. The molecule has 2 unspecified atom stereocenters. The highest BCUT2D eigenvalue weighted by atomic mass is 19.1. The second-order valence-electron chi connectivity index (χ2n) is 14.4. The number of hydrogen-bond acceptors (Lipinski definition) is 6. The molecule has 246 valence electrons. The van der Waals surface area contributed by atoms with Crippen LogP contribution in [0.15, 0.2) is 54.9 Å². The first kappa shape index (κ1) is 33.4. The Bertz CT molecular complexity index is 1800. The van der Waals surface area contributed by atoms with Crippen molar-refractivity contribution < 1.29 is 33.2 Å². The highest BCUT2D eigenvalue weighted by Gasteiger charge is 2.46. The van der Waals surface area contributed by atoms with Crippen LogP contribution in [0.4, 0.5) is 4.39 Å². The van der Waals surface area contributed by atoms with Crippen LogP contribution in [0.5, 0.6) is 0 Å². The molecule has 2 saturated heterocycles. The molecular weight excluding hydrogens is 603 g/mol. The maximum Gasteiger partial charge on any atom is 0.262 e. The summed E-state index contributed by atoms with van der Waals surface area (Å²) in [7, 11) is 0. The fourth-order valence-corrected chi connectivity index (χ4v) is 6.16. The van der Waals surface area contributed by atoms with Crippen LogP contribution in [-0.2, 0) is 20.4 Å². The van der Waals surface area contributed by atoms with Gasteiger partial charge in [0.05, 0.1) is 22.3 Å². The second-order valence-corrected chi connectivity index (χ2v) is 14.4. The van der Waals surface area contributed by atoms with E-state index >= 15 is 0 Å². The molecule has 6 amide bonds. The van der Waals surface area contributed by atoms with Crippen LogP contribution in [0.1, 0.15) is 120 Å². The van der Waals surface area contributed by atoms with Crippen molar-refractivity contribution in [2.75, 3.05) is 0 Å². The molecular formula is C36H39FN4O6. The summed E-state index contributed by atoms with van der Waals surface area (Å²) in [5.41, 5.74) is 2.85. The molecule has 4 aliphatic rings. The van der Waals surface area contributed by atoms with Gasteiger partial charge in [0.15, 0.2) is 0 Å². The highest BCUT2D eigenvalue weighted by molar-refractivity contribution is 6.24. The van der Waals surface area contributed by atoms with Crippen molar-refractivity contribution in [2.45, 2.75) is 90.1 Å². The quantitative estimate of drug-likeness (QED) is 0.449. The Morgan fingerprint density at radius 1 is 0.638 bits per heavy atom. The number of carbonyl (C=O) groups excluding carboxylic acids is 6. The number of piperidine rings is 2. The van der Waals surface area contributed by atoms with Gasteiger partial charge in [0.2, 0.25) is 11.8 Å². The summed E-state index contributed by atoms with van der Waals surface area (Å²) < 4.78 is 14.4.